The number of aliphatic hydroxyl groups is 1. The highest BCUT2D eigenvalue weighted by Gasteiger charge is 2.49. The molecule has 28 heavy (non-hydrogen) atoms. The maximum absolute atomic E-state index is 12.3. The minimum Gasteiger partial charge on any atom is -0.396 e. The summed E-state index contributed by atoms with van der Waals surface area (Å²) in [6.45, 7) is 0.245. The highest BCUT2D eigenvalue weighted by Crippen LogP contribution is 2.30. The van der Waals surface area contributed by atoms with Gasteiger partial charge in [-0.1, -0.05) is 0 Å². The predicted molar refractivity (Wildman–Crippen MR) is 86.1 cm³/mol. The first-order valence-electron chi connectivity index (χ1n) is 8.34. The van der Waals surface area contributed by atoms with Crippen molar-refractivity contribution in [1.82, 2.24) is 35.7 Å². The molecule has 2 bridgehead atoms. The number of hydrogen-bond donors (Lipinski definition) is 3. The molecule has 156 valence electrons. The lowest BCUT2D eigenvalue weighted by Gasteiger charge is -2.28. The summed E-state index contributed by atoms with van der Waals surface area (Å²) in [5.74, 6) is -0.106. The van der Waals surface area contributed by atoms with Gasteiger partial charge in [-0.05, 0) is 23.3 Å². The van der Waals surface area contributed by atoms with Crippen molar-refractivity contribution in [2.75, 3.05) is 19.8 Å². The molecule has 2 atom stereocenters. The van der Waals surface area contributed by atoms with Gasteiger partial charge in [0.05, 0.1) is 25.8 Å². The van der Waals surface area contributed by atoms with Crippen LogP contribution in [0.15, 0.2) is 0 Å². The Labute approximate surface area is 159 Å². The van der Waals surface area contributed by atoms with Gasteiger partial charge in [0.15, 0.2) is 5.82 Å². The number of carbonyl (C=O) groups excluding carboxylic acids is 2. The average Bonchev–Trinajstić information content (AvgIpc) is 3.16. The minimum absolute atomic E-state index is 0.0382. The zero-order chi connectivity index (χ0) is 20.3. The van der Waals surface area contributed by atoms with E-state index >= 15 is 0 Å². The SMILES string of the molecule is O=C(NOCCn1nnnc1CCO)[C@@H]1CC[C@@H]2CN1C(=O)N2OS(=O)(=O)O. The number of hydrogen-bond acceptors (Lipinski definition) is 10. The van der Waals surface area contributed by atoms with Crippen LogP contribution in [-0.4, -0.2) is 92.0 Å². The first kappa shape index (κ1) is 20.3. The molecule has 15 nitrogen and oxygen atoms in total. The molecule has 0 saturated carbocycles. The number of carbonyl (C=O) groups is 2. The zero-order valence-electron chi connectivity index (χ0n) is 14.5. The number of urea groups is 1. The van der Waals surface area contributed by atoms with Crippen molar-refractivity contribution in [3.05, 3.63) is 5.82 Å². The second-order valence-electron chi connectivity index (χ2n) is 6.12. The fourth-order valence-electron chi connectivity index (χ4n) is 3.10. The van der Waals surface area contributed by atoms with Crippen LogP contribution < -0.4 is 5.48 Å². The second kappa shape index (κ2) is 8.31. The summed E-state index contributed by atoms with van der Waals surface area (Å²) in [4.78, 5) is 30.8. The van der Waals surface area contributed by atoms with Gasteiger partial charge in [-0.15, -0.1) is 9.38 Å². The summed E-state index contributed by atoms with van der Waals surface area (Å²) in [7, 11) is -4.84. The average molecular weight is 421 g/mol. The van der Waals surface area contributed by atoms with E-state index in [2.05, 4.69) is 25.3 Å². The molecule has 0 spiro atoms. The van der Waals surface area contributed by atoms with Crippen molar-refractivity contribution < 1.29 is 36.8 Å². The number of rotatable bonds is 9. The normalized spacial score (nSPS) is 22.0. The lowest BCUT2D eigenvalue weighted by atomic mass is 10.0. The van der Waals surface area contributed by atoms with Crippen LogP contribution in [0.2, 0.25) is 0 Å². The molecule has 16 heteroatoms. The monoisotopic (exact) mass is 421 g/mol. The van der Waals surface area contributed by atoms with Crippen LogP contribution in [0.5, 0.6) is 0 Å². The van der Waals surface area contributed by atoms with Gasteiger partial charge in [0.25, 0.3) is 5.91 Å². The topological polar surface area (TPSA) is 189 Å². The van der Waals surface area contributed by atoms with Crippen molar-refractivity contribution in [1.29, 1.82) is 0 Å². The van der Waals surface area contributed by atoms with Crippen LogP contribution in [0.4, 0.5) is 4.79 Å². The van der Waals surface area contributed by atoms with E-state index in [-0.39, 0.29) is 39.1 Å². The number of nitrogens with zero attached hydrogens (tertiary/aromatic N) is 6. The maximum Gasteiger partial charge on any atom is 0.418 e. The molecule has 2 saturated heterocycles. The van der Waals surface area contributed by atoms with Crippen LogP contribution >= 0.6 is 0 Å². The van der Waals surface area contributed by atoms with E-state index in [1.165, 1.54) is 4.68 Å². The minimum atomic E-state index is -4.84. The molecule has 0 aromatic carbocycles. The van der Waals surface area contributed by atoms with Crippen molar-refractivity contribution >= 4 is 22.3 Å². The highest BCUT2D eigenvalue weighted by molar-refractivity contribution is 7.80. The Morgan fingerprint density at radius 1 is 1.36 bits per heavy atom. The Morgan fingerprint density at radius 2 is 2.14 bits per heavy atom. The number of aromatic nitrogens is 4. The summed E-state index contributed by atoms with van der Waals surface area (Å²) < 4.78 is 36.2. The van der Waals surface area contributed by atoms with E-state index in [1.807, 2.05) is 0 Å². The number of hydroxylamine groups is 3. The molecule has 2 aliphatic rings. The number of aliphatic hydroxyl groups excluding tert-OH is 1. The van der Waals surface area contributed by atoms with Crippen LogP contribution in [-0.2, 0) is 37.3 Å². The molecule has 3 N–H and O–H groups in total. The molecule has 3 heterocycles. The summed E-state index contributed by atoms with van der Waals surface area (Å²) in [5, 5.41) is 20.4. The molecule has 2 fully saturated rings. The number of nitrogens with one attached hydrogen (secondary N) is 1. The van der Waals surface area contributed by atoms with Crippen molar-refractivity contribution in [2.45, 2.75) is 37.9 Å². The van der Waals surface area contributed by atoms with Crippen molar-refractivity contribution in [3.8, 4) is 0 Å². The van der Waals surface area contributed by atoms with Gasteiger partial charge in [-0.2, -0.15) is 13.5 Å². The number of fused-ring (bicyclic) bond motifs is 2. The smallest absolute Gasteiger partial charge is 0.396 e. The zero-order valence-corrected chi connectivity index (χ0v) is 15.4. The molecule has 2 aliphatic heterocycles. The van der Waals surface area contributed by atoms with E-state index in [0.717, 1.165) is 4.90 Å². The molecule has 0 unspecified atom stereocenters. The molecule has 1 aromatic heterocycles. The number of amides is 3. The lowest BCUT2D eigenvalue weighted by molar-refractivity contribution is -0.139. The Balaban J connectivity index is 1.49. The molecule has 0 radical (unpaired) electrons. The van der Waals surface area contributed by atoms with Gasteiger partial charge < -0.3 is 10.0 Å². The summed E-state index contributed by atoms with van der Waals surface area (Å²) >= 11 is 0. The standard InChI is InChI=1S/C12H19N7O8S/c20-5-3-10-13-15-16-18(10)4-6-26-14-11(21)9-2-1-8-7-17(9)12(22)19(8)27-28(23,24)25/h8-9,20H,1-7H2,(H,14,21)(H,23,24,25)/t8-,9+/m1/s1. The quantitative estimate of drug-likeness (QED) is 0.213. The number of tetrazole rings is 1. The summed E-state index contributed by atoms with van der Waals surface area (Å²) in [6.07, 6.45) is 0.859. The molecular weight excluding hydrogens is 402 g/mol. The molecule has 1 aromatic rings. The Bertz CT molecular complexity index is 830. The predicted octanol–water partition coefficient (Wildman–Crippen LogP) is -2.74. The lowest BCUT2D eigenvalue weighted by Crippen LogP contribution is -2.49. The Kier molecular flexibility index (Phi) is 6.04. The first-order valence-corrected chi connectivity index (χ1v) is 9.71. The second-order valence-corrected chi connectivity index (χ2v) is 7.12. The van der Waals surface area contributed by atoms with Gasteiger partial charge >= 0.3 is 16.4 Å². The Hall–Kier alpha value is -2.40. The summed E-state index contributed by atoms with van der Waals surface area (Å²) in [5.41, 5.74) is 2.24. The van der Waals surface area contributed by atoms with Crippen molar-refractivity contribution in [3.63, 3.8) is 0 Å². The van der Waals surface area contributed by atoms with E-state index in [1.54, 1.807) is 0 Å². The third kappa shape index (κ3) is 4.53. The first-order chi connectivity index (χ1) is 13.3. The van der Waals surface area contributed by atoms with Gasteiger partial charge in [-0.3, -0.25) is 14.2 Å². The molecular formula is C12H19N7O8S. The Morgan fingerprint density at radius 3 is 2.86 bits per heavy atom. The highest BCUT2D eigenvalue weighted by atomic mass is 32.3. The van der Waals surface area contributed by atoms with Gasteiger partial charge in [-0.25, -0.2) is 15.0 Å². The van der Waals surface area contributed by atoms with Crippen molar-refractivity contribution in [2.24, 2.45) is 0 Å². The summed E-state index contributed by atoms with van der Waals surface area (Å²) in [6, 6.07) is -2.27. The van der Waals surface area contributed by atoms with E-state index in [4.69, 9.17) is 14.5 Å². The van der Waals surface area contributed by atoms with E-state index < -0.39 is 34.4 Å². The van der Waals surface area contributed by atoms with E-state index in [9.17, 15) is 18.0 Å². The largest absolute Gasteiger partial charge is 0.418 e. The third-order valence-electron chi connectivity index (χ3n) is 4.32. The molecule has 3 amide bonds. The van der Waals surface area contributed by atoms with Gasteiger partial charge in [0.2, 0.25) is 0 Å². The van der Waals surface area contributed by atoms with E-state index in [0.29, 0.717) is 17.3 Å². The van der Waals surface area contributed by atoms with Crippen LogP contribution in [0.1, 0.15) is 18.7 Å². The maximum atomic E-state index is 12.3. The van der Waals surface area contributed by atoms with Crippen LogP contribution in [0.25, 0.3) is 0 Å². The van der Waals surface area contributed by atoms with Crippen LogP contribution in [0.3, 0.4) is 0 Å². The molecule has 0 aliphatic carbocycles. The van der Waals surface area contributed by atoms with Gasteiger partial charge in [0.1, 0.15) is 6.04 Å². The van der Waals surface area contributed by atoms with Gasteiger partial charge in [0, 0.05) is 13.0 Å². The molecule has 3 rings (SSSR count). The third-order valence-corrected chi connectivity index (χ3v) is 4.67. The van der Waals surface area contributed by atoms with Crippen LogP contribution in [0, 0.1) is 0 Å². The fourth-order valence-corrected chi connectivity index (χ4v) is 3.49. The fraction of sp³-hybridized carbons (Fsp3) is 0.750. The number of piperidine rings is 1.